The molecule has 0 aromatic heterocycles. The molecule has 1 heteroatoms. The van der Waals surface area contributed by atoms with Crippen LogP contribution >= 0.6 is 0 Å². The van der Waals surface area contributed by atoms with Gasteiger partial charge in [-0.3, -0.25) is 4.79 Å². The van der Waals surface area contributed by atoms with Crippen LogP contribution < -0.4 is 0 Å². The summed E-state index contributed by atoms with van der Waals surface area (Å²) in [6.45, 7) is 9.28. The van der Waals surface area contributed by atoms with Crippen molar-refractivity contribution in [2.24, 2.45) is 28.6 Å². The summed E-state index contributed by atoms with van der Waals surface area (Å²) >= 11 is 0. The van der Waals surface area contributed by atoms with Crippen molar-refractivity contribution in [3.8, 4) is 0 Å². The lowest BCUT2D eigenvalue weighted by Gasteiger charge is -2.44. The van der Waals surface area contributed by atoms with E-state index in [0.29, 0.717) is 11.2 Å². The van der Waals surface area contributed by atoms with Crippen LogP contribution in [0.5, 0.6) is 0 Å². The summed E-state index contributed by atoms with van der Waals surface area (Å²) in [5.41, 5.74) is 2.23. The van der Waals surface area contributed by atoms with Crippen molar-refractivity contribution in [1.29, 1.82) is 0 Å². The van der Waals surface area contributed by atoms with Crippen LogP contribution in [0.25, 0.3) is 0 Å². The van der Waals surface area contributed by atoms with Crippen molar-refractivity contribution in [1.82, 2.24) is 0 Å². The fourth-order valence-corrected chi connectivity index (χ4v) is 4.79. The zero-order valence-electron chi connectivity index (χ0n) is 10.8. The summed E-state index contributed by atoms with van der Waals surface area (Å²) < 4.78 is 0. The number of Topliss-reactive ketones (excluding diaryl/α,β-unsaturated/α-hetero) is 1. The minimum Gasteiger partial charge on any atom is -0.299 e. The van der Waals surface area contributed by atoms with Crippen molar-refractivity contribution in [3.05, 3.63) is 11.6 Å². The number of allylic oxidation sites excluding steroid dienone is 2. The Balaban J connectivity index is 2.06. The van der Waals surface area contributed by atoms with Gasteiger partial charge < -0.3 is 0 Å². The molecule has 0 aromatic rings. The van der Waals surface area contributed by atoms with Gasteiger partial charge in [0.05, 0.1) is 0 Å². The van der Waals surface area contributed by atoms with E-state index in [1.54, 1.807) is 5.57 Å². The molecule has 0 aliphatic heterocycles. The van der Waals surface area contributed by atoms with Gasteiger partial charge in [-0.1, -0.05) is 39.3 Å². The summed E-state index contributed by atoms with van der Waals surface area (Å²) in [6, 6.07) is 0. The molecule has 2 fully saturated rings. The number of fused-ring (bicyclic) bond motifs is 3. The second-order valence-corrected chi connectivity index (χ2v) is 6.84. The Labute approximate surface area is 98.3 Å². The van der Waals surface area contributed by atoms with Crippen molar-refractivity contribution < 1.29 is 4.79 Å². The molecule has 0 aromatic carbocycles. The first-order chi connectivity index (χ1) is 7.40. The zero-order chi connectivity index (χ0) is 11.7. The Morgan fingerprint density at radius 2 is 1.94 bits per heavy atom. The lowest BCUT2D eigenvalue weighted by Crippen LogP contribution is -2.41. The lowest BCUT2D eigenvalue weighted by molar-refractivity contribution is -0.127. The molecule has 0 radical (unpaired) electrons. The van der Waals surface area contributed by atoms with E-state index in [-0.39, 0.29) is 11.3 Å². The molecule has 2 saturated carbocycles. The molecule has 16 heavy (non-hydrogen) atoms. The first-order valence-electron chi connectivity index (χ1n) is 6.62. The van der Waals surface area contributed by atoms with Crippen LogP contribution in [0.3, 0.4) is 0 Å². The summed E-state index contributed by atoms with van der Waals surface area (Å²) in [7, 11) is 0. The van der Waals surface area contributed by atoms with Crippen LogP contribution in [-0.2, 0) is 4.79 Å². The van der Waals surface area contributed by atoms with E-state index in [0.717, 1.165) is 24.7 Å². The van der Waals surface area contributed by atoms with Gasteiger partial charge in [-0.15, -0.1) is 0 Å². The Bertz CT molecular complexity index is 390. The van der Waals surface area contributed by atoms with E-state index < -0.39 is 0 Å². The standard InChI is InChI=1S/C15H22O/c1-9-12(16)8-6-10-5-7-11-13(14(11,2)3)15(9,10)4/h5,9,11,13H,6-8H2,1-4H3/t9-,11-,13+,15+/m0/s1. The highest BCUT2D eigenvalue weighted by molar-refractivity contribution is 5.84. The maximum absolute atomic E-state index is 12.0. The van der Waals surface area contributed by atoms with Crippen molar-refractivity contribution >= 4 is 5.78 Å². The van der Waals surface area contributed by atoms with Crippen molar-refractivity contribution in [2.75, 3.05) is 0 Å². The monoisotopic (exact) mass is 218 g/mol. The smallest absolute Gasteiger partial charge is 0.136 e. The van der Waals surface area contributed by atoms with Gasteiger partial charge in [0.1, 0.15) is 5.78 Å². The minimum absolute atomic E-state index is 0.182. The molecular weight excluding hydrogens is 196 g/mol. The third kappa shape index (κ3) is 1.00. The minimum atomic E-state index is 0.182. The average Bonchev–Trinajstić information content (AvgIpc) is 2.78. The van der Waals surface area contributed by atoms with Gasteiger partial charge in [-0.2, -0.15) is 0 Å². The number of hydrogen-bond acceptors (Lipinski definition) is 1. The van der Waals surface area contributed by atoms with E-state index in [4.69, 9.17) is 0 Å². The van der Waals surface area contributed by atoms with Gasteiger partial charge in [0.15, 0.2) is 0 Å². The molecule has 3 rings (SSSR count). The topological polar surface area (TPSA) is 17.1 Å². The van der Waals surface area contributed by atoms with E-state index in [9.17, 15) is 4.79 Å². The van der Waals surface area contributed by atoms with E-state index >= 15 is 0 Å². The Kier molecular flexibility index (Phi) is 1.85. The third-order valence-electron chi connectivity index (χ3n) is 6.03. The second-order valence-electron chi connectivity index (χ2n) is 6.84. The molecule has 0 saturated heterocycles. The highest BCUT2D eigenvalue weighted by atomic mass is 16.1. The van der Waals surface area contributed by atoms with Crippen LogP contribution in [0.4, 0.5) is 0 Å². The Morgan fingerprint density at radius 1 is 1.25 bits per heavy atom. The maximum Gasteiger partial charge on any atom is 0.136 e. The van der Waals surface area contributed by atoms with Crippen LogP contribution in [0.15, 0.2) is 11.6 Å². The molecule has 0 heterocycles. The number of ketones is 1. The fourth-order valence-electron chi connectivity index (χ4n) is 4.79. The summed E-state index contributed by atoms with van der Waals surface area (Å²) in [6.07, 6.45) is 5.52. The number of carbonyl (C=O) groups is 1. The summed E-state index contributed by atoms with van der Waals surface area (Å²) in [5, 5.41) is 0. The Hall–Kier alpha value is -0.590. The first kappa shape index (κ1) is 10.6. The SMILES string of the molecule is C[C@H]1C(=O)CCC2=CC[C@H]3[C@H](C3(C)C)[C@@]21C. The van der Waals surface area contributed by atoms with Gasteiger partial charge in [0.2, 0.25) is 0 Å². The van der Waals surface area contributed by atoms with Crippen LogP contribution in [0.1, 0.15) is 47.0 Å². The van der Waals surface area contributed by atoms with Gasteiger partial charge in [-0.25, -0.2) is 0 Å². The quantitative estimate of drug-likeness (QED) is 0.568. The lowest BCUT2D eigenvalue weighted by atomic mass is 9.59. The normalized spacial score (nSPS) is 49.1. The molecule has 4 atom stereocenters. The Morgan fingerprint density at radius 3 is 2.62 bits per heavy atom. The molecular formula is C15H22O. The van der Waals surface area contributed by atoms with Crippen molar-refractivity contribution in [3.63, 3.8) is 0 Å². The maximum atomic E-state index is 12.0. The largest absolute Gasteiger partial charge is 0.299 e. The van der Waals surface area contributed by atoms with Crippen molar-refractivity contribution in [2.45, 2.75) is 47.0 Å². The van der Waals surface area contributed by atoms with Gasteiger partial charge in [0.25, 0.3) is 0 Å². The highest BCUT2D eigenvalue weighted by Crippen LogP contribution is 2.73. The molecule has 3 aliphatic rings. The molecule has 88 valence electrons. The number of carbonyl (C=O) groups excluding carboxylic acids is 1. The predicted octanol–water partition coefficient (Wildman–Crippen LogP) is 3.59. The summed E-state index contributed by atoms with van der Waals surface area (Å²) in [4.78, 5) is 12.0. The molecule has 3 aliphatic carbocycles. The highest BCUT2D eigenvalue weighted by Gasteiger charge is 2.68. The van der Waals surface area contributed by atoms with E-state index in [1.165, 1.54) is 6.42 Å². The molecule has 1 nitrogen and oxygen atoms in total. The van der Waals surface area contributed by atoms with Crippen LogP contribution in [0.2, 0.25) is 0 Å². The van der Waals surface area contributed by atoms with Gasteiger partial charge in [-0.05, 0) is 30.1 Å². The zero-order valence-corrected chi connectivity index (χ0v) is 10.8. The molecule has 0 amide bonds. The molecule has 0 N–H and O–H groups in total. The second kappa shape index (κ2) is 2.80. The molecule has 0 spiro atoms. The van der Waals surface area contributed by atoms with Gasteiger partial charge in [0, 0.05) is 17.8 Å². The predicted molar refractivity (Wildman–Crippen MR) is 65.0 cm³/mol. The van der Waals surface area contributed by atoms with E-state index in [2.05, 4.69) is 33.8 Å². The first-order valence-corrected chi connectivity index (χ1v) is 6.62. The summed E-state index contributed by atoms with van der Waals surface area (Å²) in [5.74, 6) is 2.30. The van der Waals surface area contributed by atoms with E-state index in [1.807, 2.05) is 0 Å². The van der Waals surface area contributed by atoms with Crippen LogP contribution in [0, 0.1) is 28.6 Å². The molecule has 0 unspecified atom stereocenters. The van der Waals surface area contributed by atoms with Crippen LogP contribution in [-0.4, -0.2) is 5.78 Å². The number of rotatable bonds is 0. The third-order valence-corrected chi connectivity index (χ3v) is 6.03. The number of hydrogen-bond donors (Lipinski definition) is 0. The molecule has 0 bridgehead atoms. The van der Waals surface area contributed by atoms with Gasteiger partial charge >= 0.3 is 0 Å². The average molecular weight is 218 g/mol. The fraction of sp³-hybridized carbons (Fsp3) is 0.800.